The van der Waals surface area contributed by atoms with Gasteiger partial charge in [-0.25, -0.2) is 18.5 Å². The molecule has 2 heterocycles. The van der Waals surface area contributed by atoms with E-state index in [0.717, 1.165) is 25.1 Å². The predicted molar refractivity (Wildman–Crippen MR) is 74.5 cm³/mol. The molecular weight excluding hydrogens is 300 g/mol. The Morgan fingerprint density at radius 3 is 2.62 bits per heavy atom. The Bertz CT molecular complexity index is 642. The van der Waals surface area contributed by atoms with Crippen LogP contribution in [0.15, 0.2) is 17.2 Å². The van der Waals surface area contributed by atoms with Gasteiger partial charge in [-0.3, -0.25) is 10.1 Å². The summed E-state index contributed by atoms with van der Waals surface area (Å²) in [6.45, 7) is 1.16. The van der Waals surface area contributed by atoms with Crippen LogP contribution in [0, 0.1) is 10.1 Å². The second kappa shape index (κ2) is 5.92. The zero-order valence-electron chi connectivity index (χ0n) is 11.4. The van der Waals surface area contributed by atoms with Crippen molar-refractivity contribution >= 4 is 21.5 Å². The zero-order chi connectivity index (χ0) is 15.6. The first-order valence-electron chi connectivity index (χ1n) is 6.28. The van der Waals surface area contributed by atoms with E-state index in [1.807, 2.05) is 0 Å². The maximum atomic E-state index is 11.3. The van der Waals surface area contributed by atoms with Gasteiger partial charge in [-0.05, 0) is 12.8 Å². The lowest BCUT2D eigenvalue weighted by Gasteiger charge is -2.31. The molecule has 0 unspecified atom stereocenters. The highest BCUT2D eigenvalue weighted by molar-refractivity contribution is 7.89. The number of aromatic nitrogens is 1. The summed E-state index contributed by atoms with van der Waals surface area (Å²) in [6, 6.07) is 0.998. The van der Waals surface area contributed by atoms with Crippen LogP contribution >= 0.6 is 0 Å². The van der Waals surface area contributed by atoms with Crippen molar-refractivity contribution in [1.82, 2.24) is 4.98 Å². The minimum absolute atomic E-state index is 0.0604. The van der Waals surface area contributed by atoms with Gasteiger partial charge in [0.15, 0.2) is 0 Å². The van der Waals surface area contributed by atoms with E-state index < -0.39 is 14.9 Å². The molecule has 10 heteroatoms. The van der Waals surface area contributed by atoms with Crippen molar-refractivity contribution in [2.45, 2.75) is 23.8 Å². The predicted octanol–water partition coefficient (Wildman–Crippen LogP) is 0.252. The molecule has 0 saturated carbocycles. The van der Waals surface area contributed by atoms with Crippen LogP contribution in [0.25, 0.3) is 0 Å². The van der Waals surface area contributed by atoms with Crippen molar-refractivity contribution in [1.29, 1.82) is 0 Å². The van der Waals surface area contributed by atoms with Gasteiger partial charge < -0.3 is 9.64 Å². The van der Waals surface area contributed by atoms with Crippen molar-refractivity contribution in [3.05, 3.63) is 22.4 Å². The first-order valence-corrected chi connectivity index (χ1v) is 7.83. The van der Waals surface area contributed by atoms with Crippen molar-refractivity contribution in [3.63, 3.8) is 0 Å². The van der Waals surface area contributed by atoms with Crippen molar-refractivity contribution < 1.29 is 18.1 Å². The van der Waals surface area contributed by atoms with E-state index in [1.54, 1.807) is 11.9 Å². The highest BCUT2D eigenvalue weighted by atomic mass is 32.2. The van der Waals surface area contributed by atoms with Gasteiger partial charge in [-0.2, -0.15) is 0 Å². The summed E-state index contributed by atoms with van der Waals surface area (Å²) >= 11 is 0. The van der Waals surface area contributed by atoms with Crippen molar-refractivity contribution in [3.8, 4) is 0 Å². The summed E-state index contributed by atoms with van der Waals surface area (Å²) in [6.07, 6.45) is 2.49. The Labute approximate surface area is 121 Å². The molecule has 0 atom stereocenters. The number of nitrogens with zero attached hydrogens (tertiary/aromatic N) is 3. The second-order valence-electron chi connectivity index (χ2n) is 4.77. The van der Waals surface area contributed by atoms with E-state index in [0.29, 0.717) is 13.2 Å². The number of nitrogens with two attached hydrogens (primary N) is 1. The molecule has 1 fully saturated rings. The molecule has 2 N–H and O–H groups in total. The summed E-state index contributed by atoms with van der Waals surface area (Å²) in [4.78, 5) is 15.7. The molecule has 1 aromatic heterocycles. The molecule has 1 aliphatic heterocycles. The van der Waals surface area contributed by atoms with Crippen LogP contribution in [0.3, 0.4) is 0 Å². The van der Waals surface area contributed by atoms with Crippen LogP contribution in [0.5, 0.6) is 0 Å². The number of pyridine rings is 1. The van der Waals surface area contributed by atoms with Gasteiger partial charge in [-0.15, -0.1) is 0 Å². The largest absolute Gasteiger partial charge is 0.381 e. The third-order valence-corrected chi connectivity index (χ3v) is 4.30. The number of ether oxygens (including phenoxy) is 1. The Kier molecular flexibility index (Phi) is 4.40. The van der Waals surface area contributed by atoms with Crippen molar-refractivity contribution in [2.24, 2.45) is 5.14 Å². The molecule has 1 aliphatic rings. The number of primary sulfonamides is 1. The van der Waals surface area contributed by atoms with E-state index in [9.17, 15) is 18.5 Å². The number of hydrogen-bond acceptors (Lipinski definition) is 7. The molecule has 0 amide bonds. The number of nitro groups is 1. The minimum atomic E-state index is -4.03. The van der Waals surface area contributed by atoms with E-state index in [4.69, 9.17) is 9.88 Å². The SMILES string of the molecule is CN(c1ncc(S(N)(=O)=O)cc1[N+](=O)[O-])C1CCOCC1. The Morgan fingerprint density at radius 2 is 2.10 bits per heavy atom. The molecule has 1 aromatic rings. The lowest BCUT2D eigenvalue weighted by atomic mass is 10.1. The van der Waals surface area contributed by atoms with E-state index >= 15 is 0 Å². The molecular formula is C11H16N4O5S. The van der Waals surface area contributed by atoms with Gasteiger partial charge >= 0.3 is 5.69 Å². The maximum Gasteiger partial charge on any atom is 0.312 e. The van der Waals surface area contributed by atoms with Gasteiger partial charge in [0.2, 0.25) is 15.8 Å². The number of rotatable bonds is 4. The molecule has 1 saturated heterocycles. The summed E-state index contributed by atoms with van der Waals surface area (Å²) in [5.74, 6) is 0.124. The quantitative estimate of drug-likeness (QED) is 0.622. The van der Waals surface area contributed by atoms with Gasteiger partial charge in [0.05, 0.1) is 4.92 Å². The van der Waals surface area contributed by atoms with Crippen LogP contribution in [0.4, 0.5) is 11.5 Å². The van der Waals surface area contributed by atoms with Crippen LogP contribution < -0.4 is 10.0 Å². The van der Waals surface area contributed by atoms with Crippen molar-refractivity contribution in [2.75, 3.05) is 25.2 Å². The molecule has 9 nitrogen and oxygen atoms in total. The molecule has 0 aromatic carbocycles. The van der Waals surface area contributed by atoms with Gasteiger partial charge in [0, 0.05) is 38.6 Å². The number of hydrogen-bond donors (Lipinski definition) is 1. The van der Waals surface area contributed by atoms with Gasteiger partial charge in [-0.1, -0.05) is 0 Å². The molecule has 116 valence electrons. The van der Waals surface area contributed by atoms with E-state index in [1.165, 1.54) is 0 Å². The molecule has 21 heavy (non-hydrogen) atoms. The topological polar surface area (TPSA) is 129 Å². The van der Waals surface area contributed by atoms with Crippen LogP contribution in [0.1, 0.15) is 12.8 Å². The third-order valence-electron chi connectivity index (χ3n) is 3.42. The lowest BCUT2D eigenvalue weighted by molar-refractivity contribution is -0.384. The molecule has 2 rings (SSSR count). The van der Waals surface area contributed by atoms with E-state index in [-0.39, 0.29) is 22.4 Å². The maximum absolute atomic E-state index is 11.3. The van der Waals surface area contributed by atoms with Crippen LogP contribution in [-0.4, -0.2) is 44.6 Å². The fourth-order valence-corrected chi connectivity index (χ4v) is 2.71. The lowest BCUT2D eigenvalue weighted by Crippen LogP contribution is -2.37. The third kappa shape index (κ3) is 3.46. The normalized spacial score (nSPS) is 16.7. The first kappa shape index (κ1) is 15.6. The standard InChI is InChI=1S/C11H16N4O5S/c1-14(8-2-4-20-5-3-8)11-10(15(16)17)6-9(7-13-11)21(12,18)19/h6-8H,2-5H2,1H3,(H2,12,18,19). The monoisotopic (exact) mass is 316 g/mol. The number of sulfonamides is 1. The van der Waals surface area contributed by atoms with Crippen LogP contribution in [-0.2, 0) is 14.8 Å². The minimum Gasteiger partial charge on any atom is -0.381 e. The second-order valence-corrected chi connectivity index (χ2v) is 6.33. The molecule has 0 spiro atoms. The summed E-state index contributed by atoms with van der Waals surface area (Å²) in [5.41, 5.74) is -0.379. The van der Waals surface area contributed by atoms with E-state index in [2.05, 4.69) is 4.98 Å². The average molecular weight is 316 g/mol. The summed E-state index contributed by atoms with van der Waals surface area (Å²) < 4.78 is 27.8. The first-order chi connectivity index (χ1) is 9.80. The molecule has 0 radical (unpaired) electrons. The summed E-state index contributed by atoms with van der Waals surface area (Å²) in [5, 5.41) is 16.1. The highest BCUT2D eigenvalue weighted by Gasteiger charge is 2.27. The molecule has 0 aliphatic carbocycles. The Morgan fingerprint density at radius 1 is 1.48 bits per heavy atom. The smallest absolute Gasteiger partial charge is 0.312 e. The average Bonchev–Trinajstić information content (AvgIpc) is 2.45. The Balaban J connectivity index is 2.40. The van der Waals surface area contributed by atoms with Crippen LogP contribution in [0.2, 0.25) is 0 Å². The molecule has 0 bridgehead atoms. The van der Waals surface area contributed by atoms with Gasteiger partial charge in [0.25, 0.3) is 0 Å². The fraction of sp³-hybridized carbons (Fsp3) is 0.545. The highest BCUT2D eigenvalue weighted by Crippen LogP contribution is 2.30. The number of anilines is 1. The zero-order valence-corrected chi connectivity index (χ0v) is 12.2. The fourth-order valence-electron chi connectivity index (χ4n) is 2.23. The van der Waals surface area contributed by atoms with Gasteiger partial charge in [0.1, 0.15) is 4.90 Å². The summed E-state index contributed by atoms with van der Waals surface area (Å²) in [7, 11) is -2.34. The Hall–Kier alpha value is -1.78.